The molecule has 0 heterocycles. The van der Waals surface area contributed by atoms with Gasteiger partial charge in [-0.2, -0.15) is 0 Å². The molecule has 0 nitrogen and oxygen atoms in total. The number of halogens is 2. The van der Waals surface area contributed by atoms with Crippen LogP contribution in [0.2, 0.25) is 0 Å². The first-order valence-electron chi connectivity index (χ1n) is 5.01. The molecule has 0 N–H and O–H groups in total. The van der Waals surface area contributed by atoms with E-state index in [1.165, 1.54) is 6.42 Å². The molecule has 13 heavy (non-hydrogen) atoms. The summed E-state index contributed by atoms with van der Waals surface area (Å²) in [6.45, 7) is 8.95. The summed E-state index contributed by atoms with van der Waals surface area (Å²) in [4.78, 5) is 0. The molecule has 0 amide bonds. The Morgan fingerprint density at radius 1 is 0.923 bits per heavy atom. The van der Waals surface area contributed by atoms with Crippen molar-refractivity contribution in [3.8, 4) is 0 Å². The summed E-state index contributed by atoms with van der Waals surface area (Å²) in [5, 5.41) is 0. The van der Waals surface area contributed by atoms with Gasteiger partial charge in [0.25, 0.3) is 0 Å². The number of alkyl halides is 2. The summed E-state index contributed by atoms with van der Waals surface area (Å²) in [5.74, 6) is 1.37. The smallest absolute Gasteiger partial charge is 0.0291 e. The van der Waals surface area contributed by atoms with Crippen LogP contribution in [0.25, 0.3) is 0 Å². The van der Waals surface area contributed by atoms with Gasteiger partial charge >= 0.3 is 0 Å². The quantitative estimate of drug-likeness (QED) is 0.595. The van der Waals surface area contributed by atoms with Gasteiger partial charge in [0, 0.05) is 11.8 Å². The Hall–Kier alpha value is 0.580. The Labute approximate surface area is 93.0 Å². The monoisotopic (exact) mass is 224 g/mol. The summed E-state index contributed by atoms with van der Waals surface area (Å²) in [6, 6.07) is 0. The van der Waals surface area contributed by atoms with Crippen LogP contribution in [-0.2, 0) is 0 Å². The molecule has 0 aromatic heterocycles. The van der Waals surface area contributed by atoms with Crippen molar-refractivity contribution >= 4 is 23.2 Å². The van der Waals surface area contributed by atoms with Crippen LogP contribution in [-0.4, -0.2) is 11.8 Å². The first-order chi connectivity index (χ1) is 5.89. The minimum atomic E-state index is 0.163. The standard InChI is InChI=1S/C11H22Cl2/c1-5-11(8-12,9-13)7-6-10(2,3)4/h5-9H2,1-4H3. The van der Waals surface area contributed by atoms with E-state index in [2.05, 4.69) is 27.7 Å². The summed E-state index contributed by atoms with van der Waals surface area (Å²) < 4.78 is 0. The molecule has 0 rings (SSSR count). The van der Waals surface area contributed by atoms with Gasteiger partial charge in [0.05, 0.1) is 0 Å². The molecule has 0 saturated carbocycles. The fourth-order valence-electron chi connectivity index (χ4n) is 1.18. The molecule has 2 heteroatoms. The van der Waals surface area contributed by atoms with Crippen LogP contribution in [0.15, 0.2) is 0 Å². The summed E-state index contributed by atoms with van der Waals surface area (Å²) >= 11 is 11.9. The summed E-state index contributed by atoms with van der Waals surface area (Å²) in [5.41, 5.74) is 0.551. The maximum Gasteiger partial charge on any atom is 0.0291 e. The molecule has 0 aliphatic heterocycles. The van der Waals surface area contributed by atoms with Gasteiger partial charge in [-0.1, -0.05) is 27.7 Å². The van der Waals surface area contributed by atoms with Crippen molar-refractivity contribution in [3.63, 3.8) is 0 Å². The molecule has 0 bridgehead atoms. The van der Waals surface area contributed by atoms with Crippen molar-refractivity contribution in [1.29, 1.82) is 0 Å². The Morgan fingerprint density at radius 2 is 1.38 bits per heavy atom. The third-order valence-corrected chi connectivity index (χ3v) is 3.86. The van der Waals surface area contributed by atoms with E-state index >= 15 is 0 Å². The van der Waals surface area contributed by atoms with E-state index in [9.17, 15) is 0 Å². The van der Waals surface area contributed by atoms with E-state index in [-0.39, 0.29) is 5.41 Å². The van der Waals surface area contributed by atoms with Crippen LogP contribution in [0.1, 0.15) is 47.0 Å². The SMILES string of the molecule is CCC(CCl)(CCl)CCC(C)(C)C. The van der Waals surface area contributed by atoms with Crippen molar-refractivity contribution in [1.82, 2.24) is 0 Å². The lowest BCUT2D eigenvalue weighted by atomic mass is 9.78. The molecule has 0 spiro atoms. The lowest BCUT2D eigenvalue weighted by Crippen LogP contribution is -2.26. The van der Waals surface area contributed by atoms with Crippen LogP contribution in [0.3, 0.4) is 0 Å². The van der Waals surface area contributed by atoms with Crippen molar-refractivity contribution in [3.05, 3.63) is 0 Å². The highest BCUT2D eigenvalue weighted by Crippen LogP contribution is 2.35. The predicted molar refractivity (Wildman–Crippen MR) is 62.9 cm³/mol. The van der Waals surface area contributed by atoms with Crippen molar-refractivity contribution in [2.45, 2.75) is 47.0 Å². The Balaban J connectivity index is 4.11. The molecule has 0 aliphatic rings. The van der Waals surface area contributed by atoms with Gasteiger partial charge in [0.2, 0.25) is 0 Å². The largest absolute Gasteiger partial charge is 0.126 e. The van der Waals surface area contributed by atoms with Crippen molar-refractivity contribution in [2.24, 2.45) is 10.8 Å². The molecule has 0 radical (unpaired) electrons. The highest BCUT2D eigenvalue weighted by Gasteiger charge is 2.27. The van der Waals surface area contributed by atoms with E-state index in [0.717, 1.165) is 12.8 Å². The van der Waals surface area contributed by atoms with Crippen LogP contribution >= 0.6 is 23.2 Å². The zero-order valence-electron chi connectivity index (χ0n) is 9.29. The molecule has 0 saturated heterocycles. The molecule has 0 aromatic carbocycles. The second-order valence-corrected chi connectivity index (χ2v) is 5.72. The average Bonchev–Trinajstić information content (AvgIpc) is 2.06. The third kappa shape index (κ3) is 5.12. The summed E-state index contributed by atoms with van der Waals surface area (Å²) in [7, 11) is 0. The van der Waals surface area contributed by atoms with Crippen molar-refractivity contribution in [2.75, 3.05) is 11.8 Å². The van der Waals surface area contributed by atoms with Gasteiger partial charge in [0.1, 0.15) is 0 Å². The Bertz CT molecular complexity index is 123. The van der Waals surface area contributed by atoms with Crippen LogP contribution in [0.4, 0.5) is 0 Å². The van der Waals surface area contributed by atoms with Gasteiger partial charge in [-0.05, 0) is 30.1 Å². The molecule has 0 fully saturated rings. The molecular weight excluding hydrogens is 203 g/mol. The first-order valence-corrected chi connectivity index (χ1v) is 6.08. The minimum absolute atomic E-state index is 0.163. The number of rotatable bonds is 5. The van der Waals surface area contributed by atoms with Crippen LogP contribution < -0.4 is 0 Å². The fraction of sp³-hybridized carbons (Fsp3) is 1.00. The van der Waals surface area contributed by atoms with E-state index in [4.69, 9.17) is 23.2 Å². The molecule has 80 valence electrons. The third-order valence-electron chi connectivity index (χ3n) is 2.72. The van der Waals surface area contributed by atoms with Crippen LogP contribution in [0, 0.1) is 10.8 Å². The predicted octanol–water partition coefficient (Wildman–Crippen LogP) is 4.69. The second kappa shape index (κ2) is 5.46. The topological polar surface area (TPSA) is 0 Å². The number of hydrogen-bond donors (Lipinski definition) is 0. The van der Waals surface area contributed by atoms with E-state index in [1.807, 2.05) is 0 Å². The lowest BCUT2D eigenvalue weighted by molar-refractivity contribution is 0.255. The van der Waals surface area contributed by atoms with Gasteiger partial charge < -0.3 is 0 Å². The van der Waals surface area contributed by atoms with Gasteiger partial charge in [-0.15, -0.1) is 23.2 Å². The molecule has 0 atom stereocenters. The zero-order chi connectivity index (χ0) is 10.5. The Kier molecular flexibility index (Phi) is 5.70. The van der Waals surface area contributed by atoms with Gasteiger partial charge in [0.15, 0.2) is 0 Å². The number of hydrogen-bond acceptors (Lipinski definition) is 0. The fourth-order valence-corrected chi connectivity index (χ4v) is 2.11. The van der Waals surface area contributed by atoms with Gasteiger partial charge in [-0.25, -0.2) is 0 Å². The average molecular weight is 225 g/mol. The zero-order valence-corrected chi connectivity index (χ0v) is 10.8. The maximum atomic E-state index is 5.97. The normalized spacial score (nSPS) is 13.4. The van der Waals surface area contributed by atoms with E-state index in [1.54, 1.807) is 0 Å². The highest BCUT2D eigenvalue weighted by atomic mass is 35.5. The highest BCUT2D eigenvalue weighted by molar-refractivity contribution is 6.21. The van der Waals surface area contributed by atoms with Crippen molar-refractivity contribution < 1.29 is 0 Å². The maximum absolute atomic E-state index is 5.97. The molecule has 0 unspecified atom stereocenters. The molecule has 0 aliphatic carbocycles. The lowest BCUT2D eigenvalue weighted by Gasteiger charge is -2.31. The Morgan fingerprint density at radius 3 is 1.62 bits per heavy atom. The second-order valence-electron chi connectivity index (χ2n) is 5.18. The first kappa shape index (κ1) is 13.6. The van der Waals surface area contributed by atoms with E-state index < -0.39 is 0 Å². The van der Waals surface area contributed by atoms with Gasteiger partial charge in [-0.3, -0.25) is 0 Å². The van der Waals surface area contributed by atoms with E-state index in [0.29, 0.717) is 17.2 Å². The minimum Gasteiger partial charge on any atom is -0.126 e. The molecule has 0 aromatic rings. The summed E-state index contributed by atoms with van der Waals surface area (Å²) in [6.07, 6.45) is 3.41. The molecular formula is C11H22Cl2. The van der Waals surface area contributed by atoms with Crippen LogP contribution in [0.5, 0.6) is 0 Å².